The summed E-state index contributed by atoms with van der Waals surface area (Å²) in [5, 5.41) is 3.25. The average Bonchev–Trinajstić information content (AvgIpc) is 2.68. The fourth-order valence-corrected chi connectivity index (χ4v) is 3.54. The van der Waals surface area contributed by atoms with Gasteiger partial charge in [0.1, 0.15) is 5.82 Å². The summed E-state index contributed by atoms with van der Waals surface area (Å²) in [6.07, 6.45) is 1.44. The van der Waals surface area contributed by atoms with Crippen molar-refractivity contribution in [1.29, 1.82) is 0 Å². The molecule has 2 amide bonds. The third-order valence-corrected chi connectivity index (χ3v) is 5.03. The fourth-order valence-electron chi connectivity index (χ4n) is 3.24. The monoisotopic (exact) mass is 403 g/mol. The summed E-state index contributed by atoms with van der Waals surface area (Å²) >= 11 is 6.43. The van der Waals surface area contributed by atoms with Crippen molar-refractivity contribution in [2.45, 2.75) is 19.8 Å². The van der Waals surface area contributed by atoms with Gasteiger partial charge >= 0.3 is 0 Å². The van der Waals surface area contributed by atoms with Crippen LogP contribution in [-0.2, 0) is 4.79 Å². The topological polar surface area (TPSA) is 52.7 Å². The Morgan fingerprint density at radius 2 is 1.86 bits per heavy atom. The van der Waals surface area contributed by atoms with Gasteiger partial charge in [-0.2, -0.15) is 0 Å². The molecule has 0 radical (unpaired) electrons. The number of halogens is 2. The minimum atomic E-state index is -0.461. The van der Waals surface area contributed by atoms with E-state index in [1.807, 2.05) is 17.9 Å². The van der Waals surface area contributed by atoms with Crippen molar-refractivity contribution in [3.8, 4) is 0 Å². The van der Waals surface area contributed by atoms with Crippen molar-refractivity contribution in [3.05, 3.63) is 58.9 Å². The number of nitrogens with one attached hydrogen (secondary N) is 1. The molecule has 1 N–H and O–H groups in total. The molecule has 0 aromatic heterocycles. The van der Waals surface area contributed by atoms with Gasteiger partial charge in [-0.3, -0.25) is 9.59 Å². The molecule has 2 aromatic rings. The smallest absolute Gasteiger partial charge is 0.255 e. The zero-order chi connectivity index (χ0) is 20.1. The summed E-state index contributed by atoms with van der Waals surface area (Å²) in [7, 11) is 0. The summed E-state index contributed by atoms with van der Waals surface area (Å²) in [4.78, 5) is 28.3. The van der Waals surface area contributed by atoms with Crippen LogP contribution in [0.2, 0.25) is 5.02 Å². The lowest BCUT2D eigenvalue weighted by Crippen LogP contribution is -2.48. The third kappa shape index (κ3) is 4.81. The van der Waals surface area contributed by atoms with Gasteiger partial charge in [0.2, 0.25) is 5.91 Å². The van der Waals surface area contributed by atoms with Crippen LogP contribution in [0.15, 0.2) is 42.5 Å². The van der Waals surface area contributed by atoms with Crippen molar-refractivity contribution < 1.29 is 14.0 Å². The maximum Gasteiger partial charge on any atom is 0.255 e. The number of carbonyl (C=O) groups excluding carboxylic acids is 2. The summed E-state index contributed by atoms with van der Waals surface area (Å²) in [6.45, 7) is 4.78. The molecule has 0 aliphatic carbocycles. The van der Waals surface area contributed by atoms with E-state index >= 15 is 0 Å². The quantitative estimate of drug-likeness (QED) is 0.814. The fraction of sp³-hybridized carbons (Fsp3) is 0.333. The number of benzene rings is 2. The standard InChI is InChI=1S/C21H23ClFN3O2/c1-2-4-20(27)26-11-9-25(10-12-26)19-8-7-17(14-18(19)22)24-21(28)15-5-3-6-16(23)13-15/h3,5-8,13-14H,2,4,9-12H2,1H3,(H,24,28). The van der Waals surface area contributed by atoms with Gasteiger partial charge in [0, 0.05) is 43.9 Å². The molecule has 5 nitrogen and oxygen atoms in total. The molecule has 28 heavy (non-hydrogen) atoms. The molecule has 2 aromatic carbocycles. The predicted octanol–water partition coefficient (Wildman–Crippen LogP) is 4.18. The van der Waals surface area contributed by atoms with Crippen LogP contribution in [0.3, 0.4) is 0 Å². The van der Waals surface area contributed by atoms with Crippen LogP contribution in [0.25, 0.3) is 0 Å². The number of hydrogen-bond acceptors (Lipinski definition) is 3. The van der Waals surface area contributed by atoms with E-state index in [1.165, 1.54) is 18.2 Å². The summed E-state index contributed by atoms with van der Waals surface area (Å²) in [5.74, 6) is -0.660. The number of rotatable bonds is 5. The van der Waals surface area contributed by atoms with Crippen LogP contribution < -0.4 is 10.2 Å². The molecule has 148 valence electrons. The van der Waals surface area contributed by atoms with Crippen LogP contribution in [-0.4, -0.2) is 42.9 Å². The van der Waals surface area contributed by atoms with E-state index in [9.17, 15) is 14.0 Å². The number of nitrogens with zero attached hydrogens (tertiary/aromatic N) is 2. The highest BCUT2D eigenvalue weighted by atomic mass is 35.5. The van der Waals surface area contributed by atoms with Crippen LogP contribution in [0.5, 0.6) is 0 Å². The van der Waals surface area contributed by atoms with Crippen molar-refractivity contribution in [2.24, 2.45) is 0 Å². The van der Waals surface area contributed by atoms with Crippen molar-refractivity contribution in [1.82, 2.24) is 4.90 Å². The van der Waals surface area contributed by atoms with Crippen LogP contribution >= 0.6 is 11.6 Å². The molecule has 1 aliphatic heterocycles. The van der Waals surface area contributed by atoms with Gasteiger partial charge in [-0.15, -0.1) is 0 Å². The molecule has 0 saturated carbocycles. The Kier molecular flexibility index (Phi) is 6.52. The first kappa shape index (κ1) is 20.1. The second-order valence-electron chi connectivity index (χ2n) is 6.75. The Balaban J connectivity index is 1.63. The van der Waals surface area contributed by atoms with Gasteiger partial charge in [-0.1, -0.05) is 24.6 Å². The van der Waals surface area contributed by atoms with Gasteiger partial charge in [-0.25, -0.2) is 4.39 Å². The maximum absolute atomic E-state index is 13.3. The van der Waals surface area contributed by atoms with Gasteiger partial charge in [0.05, 0.1) is 10.7 Å². The van der Waals surface area contributed by atoms with Gasteiger partial charge in [-0.05, 0) is 42.8 Å². The molecule has 3 rings (SSSR count). The van der Waals surface area contributed by atoms with Crippen LogP contribution in [0.1, 0.15) is 30.1 Å². The number of piperazine rings is 1. The van der Waals surface area contributed by atoms with Crippen LogP contribution in [0.4, 0.5) is 15.8 Å². The zero-order valence-electron chi connectivity index (χ0n) is 15.8. The first-order valence-corrected chi connectivity index (χ1v) is 9.75. The van der Waals surface area contributed by atoms with Gasteiger partial charge < -0.3 is 15.1 Å². The molecule has 0 unspecified atom stereocenters. The van der Waals surface area contributed by atoms with E-state index in [1.54, 1.807) is 18.2 Å². The minimum absolute atomic E-state index is 0.198. The SMILES string of the molecule is CCCC(=O)N1CCN(c2ccc(NC(=O)c3cccc(F)c3)cc2Cl)CC1. The van der Waals surface area contributed by atoms with E-state index in [2.05, 4.69) is 10.2 Å². The van der Waals surface area contributed by atoms with E-state index in [-0.39, 0.29) is 11.5 Å². The predicted molar refractivity (Wildman–Crippen MR) is 110 cm³/mol. The van der Waals surface area contributed by atoms with Gasteiger partial charge in [0.15, 0.2) is 0 Å². The Morgan fingerprint density at radius 1 is 1.11 bits per heavy atom. The second kappa shape index (κ2) is 9.06. The molecular weight excluding hydrogens is 381 g/mol. The Labute approximate surface area is 169 Å². The molecule has 1 saturated heterocycles. The summed E-state index contributed by atoms with van der Waals surface area (Å²) in [6, 6.07) is 10.8. The molecule has 1 fully saturated rings. The largest absolute Gasteiger partial charge is 0.367 e. The molecule has 1 heterocycles. The zero-order valence-corrected chi connectivity index (χ0v) is 16.5. The summed E-state index contributed by atoms with van der Waals surface area (Å²) < 4.78 is 13.3. The highest BCUT2D eigenvalue weighted by Crippen LogP contribution is 2.30. The van der Waals surface area contributed by atoms with E-state index in [4.69, 9.17) is 11.6 Å². The van der Waals surface area contributed by atoms with E-state index < -0.39 is 11.7 Å². The average molecular weight is 404 g/mol. The van der Waals surface area contributed by atoms with Crippen LogP contribution in [0, 0.1) is 5.82 Å². The first-order valence-electron chi connectivity index (χ1n) is 9.37. The second-order valence-corrected chi connectivity index (χ2v) is 7.16. The number of amides is 2. The minimum Gasteiger partial charge on any atom is -0.367 e. The number of hydrogen-bond donors (Lipinski definition) is 1. The molecular formula is C21H23ClFN3O2. The number of anilines is 2. The lowest BCUT2D eigenvalue weighted by atomic mass is 10.2. The molecule has 0 bridgehead atoms. The van der Waals surface area contributed by atoms with E-state index in [0.29, 0.717) is 43.3 Å². The van der Waals surface area contributed by atoms with Gasteiger partial charge in [0.25, 0.3) is 5.91 Å². The molecule has 0 spiro atoms. The van der Waals surface area contributed by atoms with Crippen molar-refractivity contribution >= 4 is 34.8 Å². The maximum atomic E-state index is 13.3. The molecule has 1 aliphatic rings. The van der Waals surface area contributed by atoms with E-state index in [0.717, 1.165) is 12.1 Å². The van der Waals surface area contributed by atoms with Crippen molar-refractivity contribution in [2.75, 3.05) is 36.4 Å². The highest BCUT2D eigenvalue weighted by Gasteiger charge is 2.22. The first-order chi connectivity index (χ1) is 13.5. The Bertz CT molecular complexity index is 866. The highest BCUT2D eigenvalue weighted by molar-refractivity contribution is 6.33. The normalized spacial score (nSPS) is 14.1. The molecule has 0 atom stereocenters. The third-order valence-electron chi connectivity index (χ3n) is 4.73. The van der Waals surface area contributed by atoms with Crippen molar-refractivity contribution in [3.63, 3.8) is 0 Å². The molecule has 7 heteroatoms. The number of carbonyl (C=O) groups is 2. The lowest BCUT2D eigenvalue weighted by molar-refractivity contribution is -0.131. The summed E-state index contributed by atoms with van der Waals surface area (Å²) in [5.41, 5.74) is 1.65. The Hall–Kier alpha value is -2.60. The lowest BCUT2D eigenvalue weighted by Gasteiger charge is -2.36. The Morgan fingerprint density at radius 3 is 2.50 bits per heavy atom.